The second-order valence-corrected chi connectivity index (χ2v) is 5.74. The van der Waals surface area contributed by atoms with Crippen molar-refractivity contribution in [1.29, 1.82) is 0 Å². The number of aliphatic hydroxyl groups excluding tert-OH is 1. The predicted molar refractivity (Wildman–Crippen MR) is 86.4 cm³/mol. The maximum atomic E-state index is 12.2. The van der Waals surface area contributed by atoms with Gasteiger partial charge in [-0.2, -0.15) is 0 Å². The molecule has 0 aromatic carbocycles. The molecule has 1 aliphatic rings. The van der Waals surface area contributed by atoms with Crippen molar-refractivity contribution in [3.8, 4) is 0 Å². The van der Waals surface area contributed by atoms with Crippen LogP contribution in [0.5, 0.6) is 0 Å². The van der Waals surface area contributed by atoms with Gasteiger partial charge in [-0.15, -0.1) is 0 Å². The van der Waals surface area contributed by atoms with E-state index in [0.29, 0.717) is 13.0 Å². The summed E-state index contributed by atoms with van der Waals surface area (Å²) < 4.78 is 0. The van der Waals surface area contributed by atoms with Crippen molar-refractivity contribution in [1.82, 2.24) is 21.3 Å². The number of primary amides is 1. The summed E-state index contributed by atoms with van der Waals surface area (Å²) in [5.74, 6) is -4.53. The van der Waals surface area contributed by atoms with Crippen LogP contribution in [0.3, 0.4) is 0 Å². The Morgan fingerprint density at radius 1 is 1.12 bits per heavy atom. The molecule has 1 rings (SSSR count). The van der Waals surface area contributed by atoms with Gasteiger partial charge in [-0.05, 0) is 19.4 Å². The minimum absolute atomic E-state index is 0.474. The Morgan fingerprint density at radius 2 is 1.81 bits per heavy atom. The number of rotatable bonds is 10. The number of carboxylic acid groups (broad SMARTS) is 1. The molecule has 0 bridgehead atoms. The standard InChI is InChI=1S/C14H23N5O7/c15-10(21)4-8(12(24)17-5-11(22)23)18-14(26)9(6-20)19-13(25)7-2-1-3-16-7/h7-9,16,20H,1-6H2,(H2,15,21)(H,17,24)(H,18,26)(H,19,25)(H,22,23). The van der Waals surface area contributed by atoms with Crippen molar-refractivity contribution in [3.63, 3.8) is 0 Å². The fourth-order valence-corrected chi connectivity index (χ4v) is 2.34. The molecule has 3 atom stereocenters. The first-order valence-corrected chi connectivity index (χ1v) is 7.97. The lowest BCUT2D eigenvalue weighted by molar-refractivity contribution is -0.139. The third-order valence-corrected chi connectivity index (χ3v) is 3.64. The van der Waals surface area contributed by atoms with Crippen LogP contribution < -0.4 is 27.0 Å². The summed E-state index contributed by atoms with van der Waals surface area (Å²) in [6.07, 6.45) is 0.819. The van der Waals surface area contributed by atoms with Gasteiger partial charge in [0.05, 0.1) is 19.1 Å². The molecule has 1 fully saturated rings. The summed E-state index contributed by atoms with van der Waals surface area (Å²) in [6.45, 7) is -0.777. The molecule has 12 heteroatoms. The van der Waals surface area contributed by atoms with Gasteiger partial charge >= 0.3 is 5.97 Å². The van der Waals surface area contributed by atoms with Crippen LogP contribution in [-0.4, -0.2) is 77.6 Å². The Kier molecular flexibility index (Phi) is 8.45. The Balaban J connectivity index is 2.68. The Bertz CT molecular complexity index is 562. The molecular weight excluding hydrogens is 350 g/mol. The minimum Gasteiger partial charge on any atom is -0.480 e. The summed E-state index contributed by atoms with van der Waals surface area (Å²) >= 11 is 0. The van der Waals surface area contributed by atoms with Gasteiger partial charge in [0.2, 0.25) is 23.6 Å². The average molecular weight is 373 g/mol. The highest BCUT2D eigenvalue weighted by atomic mass is 16.4. The van der Waals surface area contributed by atoms with Crippen molar-refractivity contribution in [2.75, 3.05) is 19.7 Å². The van der Waals surface area contributed by atoms with Gasteiger partial charge in [-0.25, -0.2) is 0 Å². The van der Waals surface area contributed by atoms with Gasteiger partial charge in [0.25, 0.3) is 0 Å². The first-order valence-electron chi connectivity index (χ1n) is 7.97. The number of carbonyl (C=O) groups excluding carboxylic acids is 4. The van der Waals surface area contributed by atoms with E-state index in [-0.39, 0.29) is 0 Å². The highest BCUT2D eigenvalue weighted by molar-refractivity contribution is 5.95. The summed E-state index contributed by atoms with van der Waals surface area (Å²) in [5, 5.41) is 27.4. The van der Waals surface area contributed by atoms with Crippen molar-refractivity contribution in [3.05, 3.63) is 0 Å². The molecule has 0 aliphatic carbocycles. The lowest BCUT2D eigenvalue weighted by Crippen LogP contribution is -2.57. The van der Waals surface area contributed by atoms with Crippen molar-refractivity contribution in [2.24, 2.45) is 5.73 Å². The highest BCUT2D eigenvalue weighted by Gasteiger charge is 2.30. The van der Waals surface area contributed by atoms with E-state index in [1.165, 1.54) is 0 Å². The molecule has 1 aliphatic heterocycles. The van der Waals surface area contributed by atoms with Gasteiger partial charge in [0.15, 0.2) is 0 Å². The Morgan fingerprint density at radius 3 is 2.31 bits per heavy atom. The van der Waals surface area contributed by atoms with Crippen LogP contribution in [0.1, 0.15) is 19.3 Å². The number of hydrogen-bond donors (Lipinski definition) is 7. The van der Waals surface area contributed by atoms with Crippen LogP contribution in [0, 0.1) is 0 Å². The van der Waals surface area contributed by atoms with E-state index in [2.05, 4.69) is 16.0 Å². The Hall–Kier alpha value is -2.73. The van der Waals surface area contributed by atoms with Crippen LogP contribution in [0.25, 0.3) is 0 Å². The van der Waals surface area contributed by atoms with Crippen molar-refractivity contribution in [2.45, 2.75) is 37.4 Å². The SMILES string of the molecule is NC(=O)CC(NC(=O)C(CO)NC(=O)C1CCCN1)C(=O)NCC(=O)O. The van der Waals surface area contributed by atoms with E-state index in [1.807, 2.05) is 5.32 Å². The molecule has 1 saturated heterocycles. The van der Waals surface area contributed by atoms with Crippen molar-refractivity contribution < 1.29 is 34.2 Å². The third-order valence-electron chi connectivity index (χ3n) is 3.64. The number of aliphatic carboxylic acids is 1. The van der Waals surface area contributed by atoms with Gasteiger partial charge in [0, 0.05) is 0 Å². The van der Waals surface area contributed by atoms with Gasteiger partial charge in [0.1, 0.15) is 18.6 Å². The maximum absolute atomic E-state index is 12.2. The fraction of sp³-hybridized carbons (Fsp3) is 0.643. The van der Waals surface area contributed by atoms with Crippen LogP contribution in [0.15, 0.2) is 0 Å². The number of amides is 4. The van der Waals surface area contributed by atoms with Crippen molar-refractivity contribution >= 4 is 29.6 Å². The summed E-state index contributed by atoms with van der Waals surface area (Å²) in [7, 11) is 0. The second-order valence-electron chi connectivity index (χ2n) is 5.74. The average Bonchev–Trinajstić information content (AvgIpc) is 3.10. The zero-order chi connectivity index (χ0) is 19.7. The monoisotopic (exact) mass is 373 g/mol. The number of aliphatic hydroxyl groups is 1. The number of carbonyl (C=O) groups is 5. The minimum atomic E-state index is -1.44. The number of carboxylic acids is 1. The molecule has 3 unspecified atom stereocenters. The zero-order valence-corrected chi connectivity index (χ0v) is 14.0. The lowest BCUT2D eigenvalue weighted by Gasteiger charge is -2.22. The molecule has 0 saturated carbocycles. The van der Waals surface area contributed by atoms with Crippen LogP contribution in [-0.2, 0) is 24.0 Å². The quantitative estimate of drug-likeness (QED) is 0.200. The highest BCUT2D eigenvalue weighted by Crippen LogP contribution is 2.05. The first kappa shape index (κ1) is 21.3. The molecule has 12 nitrogen and oxygen atoms in total. The van der Waals surface area contributed by atoms with Crippen LogP contribution in [0.2, 0.25) is 0 Å². The predicted octanol–water partition coefficient (Wildman–Crippen LogP) is -4.22. The summed E-state index contributed by atoms with van der Waals surface area (Å²) in [6, 6.07) is -3.25. The molecule has 26 heavy (non-hydrogen) atoms. The molecule has 8 N–H and O–H groups in total. The summed E-state index contributed by atoms with van der Waals surface area (Å²) in [4.78, 5) is 57.7. The number of nitrogens with one attached hydrogen (secondary N) is 4. The summed E-state index contributed by atoms with van der Waals surface area (Å²) in [5.41, 5.74) is 5.02. The van der Waals surface area contributed by atoms with E-state index in [1.54, 1.807) is 0 Å². The van der Waals surface area contributed by atoms with Crippen LogP contribution >= 0.6 is 0 Å². The van der Waals surface area contributed by atoms with Crippen LogP contribution in [0.4, 0.5) is 0 Å². The lowest BCUT2D eigenvalue weighted by atomic mass is 10.1. The Labute approximate surface area is 148 Å². The molecule has 1 heterocycles. The fourth-order valence-electron chi connectivity index (χ4n) is 2.34. The van der Waals surface area contributed by atoms with Gasteiger partial charge in [-0.3, -0.25) is 24.0 Å². The molecule has 0 aromatic rings. The smallest absolute Gasteiger partial charge is 0.322 e. The molecule has 4 amide bonds. The van der Waals surface area contributed by atoms with E-state index < -0.39 is 67.3 Å². The number of hydrogen-bond acceptors (Lipinski definition) is 7. The molecule has 146 valence electrons. The normalized spacial score (nSPS) is 18.4. The largest absolute Gasteiger partial charge is 0.480 e. The van der Waals surface area contributed by atoms with E-state index in [9.17, 15) is 29.1 Å². The second kappa shape index (κ2) is 10.3. The number of nitrogens with two attached hydrogens (primary N) is 1. The topological polar surface area (TPSA) is 200 Å². The van der Waals surface area contributed by atoms with Gasteiger partial charge in [-0.1, -0.05) is 0 Å². The van der Waals surface area contributed by atoms with E-state index in [4.69, 9.17) is 10.8 Å². The third kappa shape index (κ3) is 7.03. The molecule has 0 aromatic heterocycles. The van der Waals surface area contributed by atoms with E-state index in [0.717, 1.165) is 6.42 Å². The van der Waals surface area contributed by atoms with Gasteiger partial charge < -0.3 is 37.2 Å². The molecule has 0 radical (unpaired) electrons. The maximum Gasteiger partial charge on any atom is 0.322 e. The molecular formula is C14H23N5O7. The molecule has 0 spiro atoms. The zero-order valence-electron chi connectivity index (χ0n) is 14.0. The van der Waals surface area contributed by atoms with E-state index >= 15 is 0 Å². The first-order chi connectivity index (χ1) is 12.2.